The number of methoxy groups -OCH3 is 1. The zero-order valence-electron chi connectivity index (χ0n) is 17.2. The molecule has 0 spiro atoms. The zero-order valence-corrected chi connectivity index (χ0v) is 18.8. The highest BCUT2D eigenvalue weighted by Gasteiger charge is 2.24. The first-order valence-corrected chi connectivity index (χ1v) is 10.7. The normalized spacial score (nSPS) is 11.4. The molecule has 3 rings (SSSR count). The van der Waals surface area contributed by atoms with E-state index in [1.54, 1.807) is 12.1 Å². The number of nitrogens with one attached hydrogen (secondary N) is 1. The van der Waals surface area contributed by atoms with Crippen molar-refractivity contribution in [3.63, 3.8) is 0 Å². The number of hydrogen-bond acceptors (Lipinski definition) is 4. The highest BCUT2D eigenvalue weighted by molar-refractivity contribution is 9.10. The number of halogens is 1. The van der Waals surface area contributed by atoms with Gasteiger partial charge in [-0.15, -0.1) is 0 Å². The molecule has 1 amide bonds. The molecule has 0 aliphatic rings. The van der Waals surface area contributed by atoms with Crippen LogP contribution in [0.2, 0.25) is 0 Å². The smallest absolute Gasteiger partial charge is 0.328 e. The summed E-state index contributed by atoms with van der Waals surface area (Å²) in [5.41, 5.74) is 2.43. The molecule has 0 aliphatic carbocycles. The average Bonchev–Trinajstić information content (AvgIpc) is 2.80. The lowest BCUT2D eigenvalue weighted by molar-refractivity contribution is -0.142. The second kappa shape index (κ2) is 11.3. The summed E-state index contributed by atoms with van der Waals surface area (Å²) in [6, 6.07) is 23.9. The molecule has 1 unspecified atom stereocenters. The van der Waals surface area contributed by atoms with Gasteiger partial charge in [0.25, 0.3) is 5.91 Å². The van der Waals surface area contributed by atoms with E-state index in [4.69, 9.17) is 9.47 Å². The molecule has 0 bridgehead atoms. The van der Waals surface area contributed by atoms with Gasteiger partial charge in [0.15, 0.2) is 0 Å². The summed E-state index contributed by atoms with van der Waals surface area (Å²) < 4.78 is 11.5. The van der Waals surface area contributed by atoms with Crippen LogP contribution in [0.25, 0.3) is 0 Å². The minimum absolute atomic E-state index is 0.331. The average molecular weight is 482 g/mol. The first-order chi connectivity index (χ1) is 15.1. The van der Waals surface area contributed by atoms with Gasteiger partial charge in [-0.05, 0) is 29.3 Å². The van der Waals surface area contributed by atoms with Crippen molar-refractivity contribution in [2.75, 3.05) is 13.7 Å². The Bertz CT molecular complexity index is 1010. The molecule has 0 saturated carbocycles. The van der Waals surface area contributed by atoms with Gasteiger partial charge in [0.2, 0.25) is 0 Å². The zero-order chi connectivity index (χ0) is 22.1. The van der Waals surface area contributed by atoms with Gasteiger partial charge in [0.1, 0.15) is 11.8 Å². The molecule has 1 N–H and O–H groups in total. The van der Waals surface area contributed by atoms with Gasteiger partial charge in [-0.3, -0.25) is 4.79 Å². The Labute approximate surface area is 190 Å². The number of carbonyl (C=O) groups is 2. The maximum atomic E-state index is 13.1. The van der Waals surface area contributed by atoms with Crippen molar-refractivity contribution in [2.24, 2.45) is 0 Å². The van der Waals surface area contributed by atoms with E-state index in [1.807, 2.05) is 66.7 Å². The number of benzene rings is 3. The Balaban J connectivity index is 1.72. The number of esters is 1. The molecule has 6 heteroatoms. The van der Waals surface area contributed by atoms with Gasteiger partial charge in [-0.25, -0.2) is 4.79 Å². The first-order valence-electron chi connectivity index (χ1n) is 9.95. The topological polar surface area (TPSA) is 64.6 Å². The molecule has 31 heavy (non-hydrogen) atoms. The molecular weight excluding hydrogens is 458 g/mol. The fourth-order valence-electron chi connectivity index (χ4n) is 3.15. The van der Waals surface area contributed by atoms with E-state index >= 15 is 0 Å². The SMILES string of the molecule is COC(=O)C(Cc1ccccc1)NC(=O)c1cc(Br)ccc1OCCc1ccccc1. The third kappa shape index (κ3) is 6.69. The van der Waals surface area contributed by atoms with Gasteiger partial charge in [0.05, 0.1) is 19.3 Å². The van der Waals surface area contributed by atoms with Crippen LogP contribution < -0.4 is 10.1 Å². The Hall–Kier alpha value is -3.12. The highest BCUT2D eigenvalue weighted by atomic mass is 79.9. The molecular formula is C25H24BrNO4. The predicted octanol–water partition coefficient (Wildman–Crippen LogP) is 4.58. The molecule has 0 heterocycles. The van der Waals surface area contributed by atoms with Crippen molar-refractivity contribution in [1.82, 2.24) is 5.32 Å². The first kappa shape index (κ1) is 22.6. The Morgan fingerprint density at radius 3 is 2.23 bits per heavy atom. The maximum Gasteiger partial charge on any atom is 0.328 e. The van der Waals surface area contributed by atoms with Crippen LogP contribution >= 0.6 is 15.9 Å². The van der Waals surface area contributed by atoms with E-state index in [0.29, 0.717) is 24.3 Å². The van der Waals surface area contributed by atoms with Gasteiger partial charge in [-0.1, -0.05) is 76.6 Å². The lowest BCUT2D eigenvalue weighted by atomic mass is 10.1. The second-order valence-electron chi connectivity index (χ2n) is 6.96. The van der Waals surface area contributed by atoms with E-state index < -0.39 is 17.9 Å². The molecule has 5 nitrogen and oxygen atoms in total. The van der Waals surface area contributed by atoms with E-state index in [0.717, 1.165) is 22.0 Å². The van der Waals surface area contributed by atoms with E-state index in [1.165, 1.54) is 7.11 Å². The quantitative estimate of drug-likeness (QED) is 0.454. The molecule has 0 aromatic heterocycles. The van der Waals surface area contributed by atoms with Gasteiger partial charge < -0.3 is 14.8 Å². The van der Waals surface area contributed by atoms with E-state index in [9.17, 15) is 9.59 Å². The molecule has 0 aliphatic heterocycles. The standard InChI is InChI=1S/C25H24BrNO4/c1-30-25(29)22(16-19-10-6-3-7-11-19)27-24(28)21-17-20(26)12-13-23(21)31-15-14-18-8-4-2-5-9-18/h2-13,17,22H,14-16H2,1H3,(H,27,28). The number of ether oxygens (including phenoxy) is 2. The minimum Gasteiger partial charge on any atom is -0.492 e. The van der Waals surface area contributed by atoms with Crippen LogP contribution in [0.5, 0.6) is 5.75 Å². The summed E-state index contributed by atoms with van der Waals surface area (Å²) in [4.78, 5) is 25.3. The fraction of sp³-hybridized carbons (Fsp3) is 0.200. The lowest BCUT2D eigenvalue weighted by Gasteiger charge is -2.18. The van der Waals surface area contributed by atoms with Crippen molar-refractivity contribution in [3.8, 4) is 5.75 Å². The molecule has 0 radical (unpaired) electrons. The summed E-state index contributed by atoms with van der Waals surface area (Å²) in [7, 11) is 1.31. The number of carbonyl (C=O) groups excluding carboxylic acids is 2. The van der Waals surface area contributed by atoms with Crippen LogP contribution in [-0.4, -0.2) is 31.6 Å². The summed E-state index contributed by atoms with van der Waals surface area (Å²) in [6.07, 6.45) is 1.05. The number of hydrogen-bond donors (Lipinski definition) is 1. The number of rotatable bonds is 9. The monoisotopic (exact) mass is 481 g/mol. The Kier molecular flexibility index (Phi) is 8.24. The highest BCUT2D eigenvalue weighted by Crippen LogP contribution is 2.24. The van der Waals surface area contributed by atoms with Crippen molar-refractivity contribution in [1.29, 1.82) is 0 Å². The second-order valence-corrected chi connectivity index (χ2v) is 7.88. The molecule has 160 valence electrons. The van der Waals surface area contributed by atoms with Crippen molar-refractivity contribution in [2.45, 2.75) is 18.9 Å². The van der Waals surface area contributed by atoms with Gasteiger partial charge >= 0.3 is 5.97 Å². The van der Waals surface area contributed by atoms with Gasteiger partial charge in [0, 0.05) is 17.3 Å². The molecule has 1 atom stereocenters. The van der Waals surface area contributed by atoms with Crippen LogP contribution in [0.3, 0.4) is 0 Å². The van der Waals surface area contributed by atoms with E-state index in [-0.39, 0.29) is 0 Å². The molecule has 0 saturated heterocycles. The summed E-state index contributed by atoms with van der Waals surface area (Å²) in [6.45, 7) is 0.427. The van der Waals surface area contributed by atoms with Gasteiger partial charge in [-0.2, -0.15) is 0 Å². The third-order valence-corrected chi connectivity index (χ3v) is 5.24. The van der Waals surface area contributed by atoms with Crippen molar-refractivity contribution in [3.05, 3.63) is 100 Å². The minimum atomic E-state index is -0.809. The lowest BCUT2D eigenvalue weighted by Crippen LogP contribution is -2.43. The maximum absolute atomic E-state index is 13.1. The fourth-order valence-corrected chi connectivity index (χ4v) is 3.51. The van der Waals surface area contributed by atoms with Crippen LogP contribution in [0.4, 0.5) is 0 Å². The van der Waals surface area contributed by atoms with E-state index in [2.05, 4.69) is 21.2 Å². The molecule has 0 fully saturated rings. The number of amides is 1. The van der Waals surface area contributed by atoms with Crippen LogP contribution in [-0.2, 0) is 22.4 Å². The summed E-state index contributed by atoms with van der Waals surface area (Å²) in [5.74, 6) is -0.443. The van der Waals surface area contributed by atoms with Crippen molar-refractivity contribution < 1.29 is 19.1 Å². The van der Waals surface area contributed by atoms with Crippen LogP contribution in [0.15, 0.2) is 83.3 Å². The van der Waals surface area contributed by atoms with Crippen molar-refractivity contribution >= 4 is 27.8 Å². The molecule has 3 aromatic carbocycles. The molecule has 3 aromatic rings. The third-order valence-electron chi connectivity index (χ3n) is 4.75. The van der Waals surface area contributed by atoms with Crippen LogP contribution in [0, 0.1) is 0 Å². The summed E-state index contributed by atoms with van der Waals surface area (Å²) in [5, 5.41) is 2.79. The Morgan fingerprint density at radius 1 is 0.935 bits per heavy atom. The predicted molar refractivity (Wildman–Crippen MR) is 123 cm³/mol. The summed E-state index contributed by atoms with van der Waals surface area (Å²) >= 11 is 3.40. The van der Waals surface area contributed by atoms with Crippen LogP contribution in [0.1, 0.15) is 21.5 Å². The largest absolute Gasteiger partial charge is 0.492 e. The Morgan fingerprint density at radius 2 is 1.58 bits per heavy atom.